The minimum Gasteiger partial charge on any atom is -0.489 e. The molecule has 1 aliphatic rings. The van der Waals surface area contributed by atoms with Crippen LogP contribution >= 0.6 is 0 Å². The Morgan fingerprint density at radius 3 is 2.52 bits per heavy atom. The van der Waals surface area contributed by atoms with Gasteiger partial charge in [0.15, 0.2) is 0 Å². The van der Waals surface area contributed by atoms with Crippen molar-refractivity contribution in [1.29, 1.82) is 0 Å². The van der Waals surface area contributed by atoms with Gasteiger partial charge < -0.3 is 9.84 Å². The number of allylic oxidation sites excluding steroid dienone is 1. The summed E-state index contributed by atoms with van der Waals surface area (Å²) in [5.41, 5.74) is 3.45. The van der Waals surface area contributed by atoms with Crippen LogP contribution in [-0.4, -0.2) is 11.1 Å². The van der Waals surface area contributed by atoms with Gasteiger partial charge in [0, 0.05) is 5.57 Å². The number of carboxylic acids is 1. The molecule has 1 aliphatic carbocycles. The van der Waals surface area contributed by atoms with Gasteiger partial charge in [-0.05, 0) is 54.5 Å². The van der Waals surface area contributed by atoms with Crippen molar-refractivity contribution < 1.29 is 14.6 Å². The number of hydrogen-bond acceptors (Lipinski definition) is 2. The summed E-state index contributed by atoms with van der Waals surface area (Å²) in [5, 5.41) is 9.32. The Hall–Kier alpha value is -2.55. The summed E-state index contributed by atoms with van der Waals surface area (Å²) < 4.78 is 5.85. The van der Waals surface area contributed by atoms with E-state index in [0.29, 0.717) is 18.1 Å². The van der Waals surface area contributed by atoms with Gasteiger partial charge in [-0.15, -0.1) is 0 Å². The van der Waals surface area contributed by atoms with Crippen LogP contribution in [0.4, 0.5) is 0 Å². The molecule has 0 heterocycles. The Labute approximate surface area is 136 Å². The van der Waals surface area contributed by atoms with Gasteiger partial charge in [-0.3, -0.25) is 0 Å². The van der Waals surface area contributed by atoms with Gasteiger partial charge in [-0.1, -0.05) is 42.5 Å². The zero-order valence-corrected chi connectivity index (χ0v) is 13.2. The van der Waals surface area contributed by atoms with Crippen LogP contribution in [0.15, 0.2) is 60.2 Å². The molecule has 0 amide bonds. The third-order valence-corrected chi connectivity index (χ3v) is 4.10. The number of benzene rings is 2. The van der Waals surface area contributed by atoms with Crippen LogP contribution in [0.25, 0.3) is 5.57 Å². The predicted octanol–water partition coefficient (Wildman–Crippen LogP) is 4.53. The maximum absolute atomic E-state index is 11.4. The van der Waals surface area contributed by atoms with Crippen LogP contribution in [0.5, 0.6) is 5.75 Å². The zero-order valence-electron chi connectivity index (χ0n) is 13.2. The van der Waals surface area contributed by atoms with E-state index in [2.05, 4.69) is 0 Å². The normalized spacial score (nSPS) is 15.0. The van der Waals surface area contributed by atoms with Gasteiger partial charge in [0.25, 0.3) is 0 Å². The minimum atomic E-state index is -0.845. The molecule has 2 aromatic rings. The first-order valence-electron chi connectivity index (χ1n) is 7.86. The average Bonchev–Trinajstić information content (AvgIpc) is 3.39. The standard InChI is InChI=1S/C20H20O3/c1-14(20(21)22)19(16-10-11-16)17-8-5-9-18(12-17)23-13-15-6-3-2-4-7-15/h2-9,12,16H,10-11,13H2,1H3,(H,21,22)/b19-14-. The summed E-state index contributed by atoms with van der Waals surface area (Å²) in [6.45, 7) is 2.19. The number of ether oxygens (including phenoxy) is 1. The van der Waals surface area contributed by atoms with Gasteiger partial charge in [0.2, 0.25) is 0 Å². The molecule has 0 radical (unpaired) electrons. The highest BCUT2D eigenvalue weighted by atomic mass is 16.5. The second kappa shape index (κ2) is 6.69. The molecule has 0 saturated heterocycles. The topological polar surface area (TPSA) is 46.5 Å². The minimum absolute atomic E-state index is 0.371. The number of carbonyl (C=O) groups is 1. The lowest BCUT2D eigenvalue weighted by Gasteiger charge is -2.12. The zero-order chi connectivity index (χ0) is 16.2. The number of aliphatic carboxylic acids is 1. The van der Waals surface area contributed by atoms with Crippen LogP contribution in [0.1, 0.15) is 30.9 Å². The van der Waals surface area contributed by atoms with E-state index in [0.717, 1.165) is 35.3 Å². The lowest BCUT2D eigenvalue weighted by molar-refractivity contribution is -0.132. The smallest absolute Gasteiger partial charge is 0.331 e. The number of rotatable bonds is 6. The molecule has 2 aromatic carbocycles. The fourth-order valence-electron chi connectivity index (χ4n) is 2.74. The maximum atomic E-state index is 11.4. The molecule has 0 atom stereocenters. The van der Waals surface area contributed by atoms with Crippen molar-refractivity contribution in [2.75, 3.05) is 0 Å². The molecule has 3 nitrogen and oxygen atoms in total. The number of carboxylic acid groups (broad SMARTS) is 1. The van der Waals surface area contributed by atoms with E-state index in [9.17, 15) is 9.90 Å². The van der Waals surface area contributed by atoms with Crippen LogP contribution in [0.2, 0.25) is 0 Å². The Kier molecular flexibility index (Phi) is 4.47. The highest BCUT2D eigenvalue weighted by Gasteiger charge is 2.30. The summed E-state index contributed by atoms with van der Waals surface area (Å²) in [7, 11) is 0. The van der Waals surface area contributed by atoms with E-state index in [1.807, 2.05) is 54.6 Å². The molecule has 3 rings (SSSR count). The molecular formula is C20H20O3. The van der Waals surface area contributed by atoms with Gasteiger partial charge >= 0.3 is 5.97 Å². The van der Waals surface area contributed by atoms with Gasteiger partial charge in [0.05, 0.1) is 0 Å². The van der Waals surface area contributed by atoms with E-state index in [4.69, 9.17) is 4.74 Å². The van der Waals surface area contributed by atoms with Gasteiger partial charge in [0.1, 0.15) is 12.4 Å². The molecule has 0 aromatic heterocycles. The van der Waals surface area contributed by atoms with Crippen molar-refractivity contribution in [3.63, 3.8) is 0 Å². The first kappa shape index (κ1) is 15.3. The molecule has 0 spiro atoms. The molecule has 0 unspecified atom stereocenters. The molecule has 23 heavy (non-hydrogen) atoms. The van der Waals surface area contributed by atoms with Crippen molar-refractivity contribution in [2.24, 2.45) is 5.92 Å². The highest BCUT2D eigenvalue weighted by molar-refractivity contribution is 5.96. The molecule has 0 aliphatic heterocycles. The van der Waals surface area contributed by atoms with Crippen LogP contribution in [0, 0.1) is 5.92 Å². The third-order valence-electron chi connectivity index (χ3n) is 4.10. The monoisotopic (exact) mass is 308 g/mol. The summed E-state index contributed by atoms with van der Waals surface area (Å²) in [5.74, 6) is 0.292. The molecular weight excluding hydrogens is 288 g/mol. The predicted molar refractivity (Wildman–Crippen MR) is 90.2 cm³/mol. The van der Waals surface area contributed by atoms with E-state index in [1.165, 1.54) is 0 Å². The van der Waals surface area contributed by atoms with Crippen LogP contribution in [-0.2, 0) is 11.4 Å². The van der Waals surface area contributed by atoms with Crippen molar-refractivity contribution in [3.05, 3.63) is 71.3 Å². The van der Waals surface area contributed by atoms with Crippen molar-refractivity contribution >= 4 is 11.5 Å². The van der Waals surface area contributed by atoms with Crippen molar-refractivity contribution in [2.45, 2.75) is 26.4 Å². The Morgan fingerprint density at radius 1 is 1.13 bits per heavy atom. The molecule has 3 heteroatoms. The first-order chi connectivity index (χ1) is 11.1. The van der Waals surface area contributed by atoms with Crippen LogP contribution in [0.3, 0.4) is 0 Å². The highest BCUT2D eigenvalue weighted by Crippen LogP contribution is 2.44. The molecule has 1 fully saturated rings. The second-order valence-electron chi connectivity index (χ2n) is 5.92. The lowest BCUT2D eigenvalue weighted by Crippen LogP contribution is -2.03. The fraction of sp³-hybridized carbons (Fsp3) is 0.250. The summed E-state index contributed by atoms with van der Waals surface area (Å²) in [6.07, 6.45) is 2.13. The fourth-order valence-corrected chi connectivity index (χ4v) is 2.74. The van der Waals surface area contributed by atoms with Crippen molar-refractivity contribution in [3.8, 4) is 5.75 Å². The molecule has 1 saturated carbocycles. The number of hydrogen-bond donors (Lipinski definition) is 1. The summed E-state index contributed by atoms with van der Waals surface area (Å²) in [6, 6.07) is 17.7. The van der Waals surface area contributed by atoms with E-state index in [-0.39, 0.29) is 0 Å². The summed E-state index contributed by atoms with van der Waals surface area (Å²) in [4.78, 5) is 11.4. The molecule has 118 valence electrons. The largest absolute Gasteiger partial charge is 0.489 e. The SMILES string of the molecule is C/C(C(=O)O)=C(/c1cccc(OCc2ccccc2)c1)C1CC1. The van der Waals surface area contributed by atoms with E-state index < -0.39 is 5.97 Å². The lowest BCUT2D eigenvalue weighted by atomic mass is 9.96. The quantitative estimate of drug-likeness (QED) is 0.797. The first-order valence-corrected chi connectivity index (χ1v) is 7.86. The third kappa shape index (κ3) is 3.81. The van der Waals surface area contributed by atoms with E-state index >= 15 is 0 Å². The Bertz CT molecular complexity index is 728. The van der Waals surface area contributed by atoms with E-state index in [1.54, 1.807) is 6.92 Å². The molecule has 1 N–H and O–H groups in total. The van der Waals surface area contributed by atoms with Crippen LogP contribution < -0.4 is 4.74 Å². The Morgan fingerprint density at radius 2 is 1.87 bits per heavy atom. The maximum Gasteiger partial charge on any atom is 0.331 e. The van der Waals surface area contributed by atoms with Gasteiger partial charge in [-0.25, -0.2) is 4.79 Å². The molecule has 0 bridgehead atoms. The van der Waals surface area contributed by atoms with Gasteiger partial charge in [-0.2, -0.15) is 0 Å². The Balaban J connectivity index is 1.81. The average molecular weight is 308 g/mol. The van der Waals surface area contributed by atoms with Crippen molar-refractivity contribution in [1.82, 2.24) is 0 Å². The second-order valence-corrected chi connectivity index (χ2v) is 5.92. The summed E-state index contributed by atoms with van der Waals surface area (Å²) >= 11 is 0.